The number of thiazole rings is 1. The van der Waals surface area contributed by atoms with Gasteiger partial charge in [-0.2, -0.15) is 5.10 Å². The summed E-state index contributed by atoms with van der Waals surface area (Å²) in [6.45, 7) is 1.85. The summed E-state index contributed by atoms with van der Waals surface area (Å²) in [6.07, 6.45) is -1.06. The van der Waals surface area contributed by atoms with Crippen molar-refractivity contribution < 1.29 is 18.0 Å². The molecule has 0 spiro atoms. The molecule has 0 unspecified atom stereocenters. The van der Waals surface area contributed by atoms with Crippen LogP contribution in [-0.2, 0) is 5.67 Å². The molecule has 1 amide bonds. The Balaban J connectivity index is 1.54. The summed E-state index contributed by atoms with van der Waals surface area (Å²) in [5, 5.41) is 4.09. The lowest BCUT2D eigenvalue weighted by Crippen LogP contribution is -2.51. The standard InChI is InChI=1S/C21H18F3N5OS/c1-12-5-7-28(20(30)13-2-3-14-16(8-13)31-11-25-14)10-21(12,24)17-9-15(19(22)23)27-18-4-6-26-29(17)18/h2-4,6,8-9,11-12,19H,5,7,10H2,1H3/t12-,21+/m0/s1. The summed E-state index contributed by atoms with van der Waals surface area (Å²) in [6, 6.07) is 7.72. The molecule has 1 aliphatic rings. The quantitative estimate of drug-likeness (QED) is 0.462. The Morgan fingerprint density at radius 3 is 2.94 bits per heavy atom. The Hall–Kier alpha value is -3.01. The molecule has 1 aliphatic heterocycles. The number of fused-ring (bicyclic) bond motifs is 2. The number of alkyl halides is 3. The maximum Gasteiger partial charge on any atom is 0.280 e. The number of hydrogen-bond acceptors (Lipinski definition) is 5. The van der Waals surface area contributed by atoms with Gasteiger partial charge in [0.25, 0.3) is 12.3 Å². The van der Waals surface area contributed by atoms with Crippen molar-refractivity contribution in [3.63, 3.8) is 0 Å². The van der Waals surface area contributed by atoms with Gasteiger partial charge in [0, 0.05) is 18.2 Å². The maximum atomic E-state index is 16.5. The Kier molecular flexibility index (Phi) is 4.69. The summed E-state index contributed by atoms with van der Waals surface area (Å²) in [4.78, 5) is 22.7. The molecule has 4 aromatic rings. The molecule has 0 bridgehead atoms. The van der Waals surface area contributed by atoms with Crippen LogP contribution in [-0.4, -0.2) is 43.5 Å². The van der Waals surface area contributed by atoms with Crippen molar-refractivity contribution in [3.8, 4) is 0 Å². The Morgan fingerprint density at radius 2 is 2.13 bits per heavy atom. The zero-order valence-electron chi connectivity index (χ0n) is 16.5. The van der Waals surface area contributed by atoms with Crippen molar-refractivity contribution in [2.24, 2.45) is 5.92 Å². The van der Waals surface area contributed by atoms with Crippen molar-refractivity contribution in [3.05, 3.63) is 59.0 Å². The van der Waals surface area contributed by atoms with Crippen molar-refractivity contribution in [2.45, 2.75) is 25.4 Å². The van der Waals surface area contributed by atoms with E-state index in [1.54, 1.807) is 30.6 Å². The van der Waals surface area contributed by atoms with E-state index in [0.29, 0.717) is 18.5 Å². The molecule has 4 heterocycles. The molecule has 1 fully saturated rings. The van der Waals surface area contributed by atoms with Gasteiger partial charge in [0.05, 0.1) is 34.2 Å². The van der Waals surface area contributed by atoms with Crippen molar-refractivity contribution in [1.29, 1.82) is 0 Å². The molecule has 1 saturated heterocycles. The van der Waals surface area contributed by atoms with Gasteiger partial charge >= 0.3 is 0 Å². The Labute approximate surface area is 179 Å². The number of hydrogen-bond donors (Lipinski definition) is 0. The normalized spacial score (nSPS) is 22.0. The molecule has 160 valence electrons. The molecule has 0 radical (unpaired) electrons. The molecule has 10 heteroatoms. The van der Waals surface area contributed by atoms with E-state index in [-0.39, 0.29) is 23.8 Å². The van der Waals surface area contributed by atoms with Gasteiger partial charge in [0.2, 0.25) is 0 Å². The SMILES string of the molecule is C[C@H]1CCN(C(=O)c2ccc3ncsc3c2)C[C@]1(F)c1cc(C(F)F)nc2ccnn12. The smallest absolute Gasteiger partial charge is 0.280 e. The lowest BCUT2D eigenvalue weighted by Gasteiger charge is -2.42. The molecular weight excluding hydrogens is 427 g/mol. The summed E-state index contributed by atoms with van der Waals surface area (Å²) >= 11 is 1.42. The van der Waals surface area contributed by atoms with Crippen LogP contribution in [0.25, 0.3) is 15.9 Å². The van der Waals surface area contributed by atoms with Crippen LogP contribution in [0.2, 0.25) is 0 Å². The minimum Gasteiger partial charge on any atom is -0.335 e. The summed E-state index contributed by atoms with van der Waals surface area (Å²) in [7, 11) is 0. The van der Waals surface area contributed by atoms with Crippen molar-refractivity contribution >= 4 is 33.1 Å². The Bertz CT molecular complexity index is 1290. The first kappa shape index (κ1) is 19.9. The van der Waals surface area contributed by atoms with E-state index < -0.39 is 23.7 Å². The summed E-state index contributed by atoms with van der Waals surface area (Å²) in [5.74, 6) is -0.801. The average molecular weight is 445 g/mol. The van der Waals surface area contributed by atoms with Crippen molar-refractivity contribution in [1.82, 2.24) is 24.5 Å². The zero-order chi connectivity index (χ0) is 21.8. The molecule has 2 atom stereocenters. The zero-order valence-corrected chi connectivity index (χ0v) is 17.3. The number of piperidine rings is 1. The van der Waals surface area contributed by atoms with E-state index in [9.17, 15) is 13.6 Å². The number of carbonyl (C=O) groups excluding carboxylic acids is 1. The predicted octanol–water partition coefficient (Wildman–Crippen LogP) is 4.62. The highest BCUT2D eigenvalue weighted by atomic mass is 32.1. The first-order valence-corrected chi connectivity index (χ1v) is 10.7. The largest absolute Gasteiger partial charge is 0.335 e. The first-order chi connectivity index (χ1) is 14.9. The molecule has 0 saturated carbocycles. The van der Waals surface area contributed by atoms with Gasteiger partial charge in [-0.05, 0) is 36.6 Å². The van der Waals surface area contributed by atoms with Crippen LogP contribution >= 0.6 is 11.3 Å². The van der Waals surface area contributed by atoms with E-state index in [1.807, 2.05) is 0 Å². The van der Waals surface area contributed by atoms with Crippen molar-refractivity contribution in [2.75, 3.05) is 13.1 Å². The van der Waals surface area contributed by atoms with Gasteiger partial charge in [-0.25, -0.2) is 27.7 Å². The lowest BCUT2D eigenvalue weighted by atomic mass is 9.81. The number of carbonyl (C=O) groups is 1. The van der Waals surface area contributed by atoms with Crippen LogP contribution in [0.5, 0.6) is 0 Å². The molecule has 1 aromatic carbocycles. The molecule has 6 nitrogen and oxygen atoms in total. The van der Waals surface area contributed by atoms with Gasteiger partial charge in [-0.15, -0.1) is 11.3 Å². The second-order valence-corrected chi connectivity index (χ2v) is 8.67. The number of nitrogens with zero attached hydrogens (tertiary/aromatic N) is 5. The van der Waals surface area contributed by atoms with Gasteiger partial charge in [-0.1, -0.05) is 6.92 Å². The second-order valence-electron chi connectivity index (χ2n) is 7.78. The van der Waals surface area contributed by atoms with Crippen LogP contribution in [0.15, 0.2) is 42.0 Å². The molecule has 5 rings (SSSR count). The van der Waals surface area contributed by atoms with Gasteiger partial charge in [0.15, 0.2) is 11.3 Å². The molecule has 3 aromatic heterocycles. The fourth-order valence-corrected chi connectivity index (χ4v) is 4.82. The minimum absolute atomic E-state index is 0.0132. The molecule has 0 aliphatic carbocycles. The van der Waals surface area contributed by atoms with Gasteiger partial charge < -0.3 is 4.90 Å². The summed E-state index contributed by atoms with van der Waals surface area (Å²) < 4.78 is 45.5. The number of benzene rings is 1. The van der Waals surface area contributed by atoms with Gasteiger partial charge in [-0.3, -0.25) is 4.79 Å². The van der Waals surface area contributed by atoms with Crippen LogP contribution in [0, 0.1) is 5.92 Å². The average Bonchev–Trinajstić information content (AvgIpc) is 3.42. The van der Waals surface area contributed by atoms with E-state index in [1.165, 1.54) is 33.0 Å². The lowest BCUT2D eigenvalue weighted by molar-refractivity contribution is -0.00575. The van der Waals surface area contributed by atoms with Crippen LogP contribution in [0.3, 0.4) is 0 Å². The second kappa shape index (κ2) is 7.30. The molecule has 31 heavy (non-hydrogen) atoms. The number of amides is 1. The number of halogens is 3. The predicted molar refractivity (Wildman–Crippen MR) is 110 cm³/mol. The highest BCUT2D eigenvalue weighted by Crippen LogP contribution is 2.41. The Morgan fingerprint density at radius 1 is 1.29 bits per heavy atom. The third kappa shape index (κ3) is 3.25. The monoisotopic (exact) mass is 445 g/mol. The number of aromatic nitrogens is 4. The highest BCUT2D eigenvalue weighted by molar-refractivity contribution is 7.16. The molecular formula is C21H18F3N5OS. The summed E-state index contributed by atoms with van der Waals surface area (Å²) in [5.41, 5.74) is 0.516. The number of rotatable bonds is 3. The fraction of sp³-hybridized carbons (Fsp3) is 0.333. The molecule has 0 N–H and O–H groups in total. The maximum absolute atomic E-state index is 16.5. The van der Waals surface area contributed by atoms with E-state index in [4.69, 9.17) is 0 Å². The van der Waals surface area contributed by atoms with Crippen LogP contribution in [0.1, 0.15) is 41.5 Å². The van der Waals surface area contributed by atoms with Crippen LogP contribution < -0.4 is 0 Å². The van der Waals surface area contributed by atoms with E-state index >= 15 is 4.39 Å². The van der Waals surface area contributed by atoms with E-state index in [0.717, 1.165) is 16.3 Å². The van der Waals surface area contributed by atoms with Crippen LogP contribution in [0.4, 0.5) is 13.2 Å². The third-order valence-electron chi connectivity index (χ3n) is 5.93. The highest BCUT2D eigenvalue weighted by Gasteiger charge is 2.47. The van der Waals surface area contributed by atoms with Gasteiger partial charge in [0.1, 0.15) is 5.69 Å². The van der Waals surface area contributed by atoms with E-state index in [2.05, 4.69) is 15.1 Å². The topological polar surface area (TPSA) is 63.4 Å². The minimum atomic E-state index is -2.84. The fourth-order valence-electron chi connectivity index (χ4n) is 4.11. The number of likely N-dealkylation sites (tertiary alicyclic amines) is 1. The third-order valence-corrected chi connectivity index (χ3v) is 6.72. The first-order valence-electron chi connectivity index (χ1n) is 9.81.